The third kappa shape index (κ3) is 8.60. The first-order valence-corrected chi connectivity index (χ1v) is 14.4. The van der Waals surface area contributed by atoms with Gasteiger partial charge in [0.2, 0.25) is 0 Å². The lowest BCUT2D eigenvalue weighted by Crippen LogP contribution is -2.23. The van der Waals surface area contributed by atoms with E-state index in [-0.39, 0.29) is 18.5 Å². The molecule has 1 aliphatic carbocycles. The fraction of sp³-hybridized carbons (Fsp3) is 0.533. The predicted octanol–water partition coefficient (Wildman–Crippen LogP) is 8.44. The molecule has 38 heavy (non-hydrogen) atoms. The number of hydrogen-bond donors (Lipinski definition) is 0. The SMILES string of the molecule is CC.CCOCOC1=C(c2c(CC)cc(C)cc2CC)C(=O)CC(CCSc2ccc(C(F)(F)F)cn2)C1. The molecule has 1 heterocycles. The van der Waals surface area contributed by atoms with E-state index in [9.17, 15) is 18.0 Å². The number of nitrogens with zero attached hydrogens (tertiary/aromatic N) is 1. The second-order valence-electron chi connectivity index (χ2n) is 8.94. The highest BCUT2D eigenvalue weighted by Crippen LogP contribution is 2.39. The van der Waals surface area contributed by atoms with Gasteiger partial charge in [0.05, 0.1) is 16.2 Å². The number of aryl methyl sites for hydroxylation is 3. The zero-order chi connectivity index (χ0) is 28.3. The molecule has 0 bridgehead atoms. The number of allylic oxidation sites excluding steroid dienone is 2. The molecule has 1 aliphatic rings. The molecular weight excluding hydrogens is 511 g/mol. The van der Waals surface area contributed by atoms with E-state index in [1.165, 1.54) is 23.4 Å². The van der Waals surface area contributed by atoms with Crippen LogP contribution in [-0.2, 0) is 33.3 Å². The van der Waals surface area contributed by atoms with Crippen LogP contribution in [-0.4, -0.2) is 29.9 Å². The van der Waals surface area contributed by atoms with Gasteiger partial charge in [-0.3, -0.25) is 4.79 Å². The van der Waals surface area contributed by atoms with Gasteiger partial charge in [-0.25, -0.2) is 4.98 Å². The number of pyridine rings is 1. The van der Waals surface area contributed by atoms with E-state index in [4.69, 9.17) is 9.47 Å². The van der Waals surface area contributed by atoms with Gasteiger partial charge in [0.25, 0.3) is 0 Å². The van der Waals surface area contributed by atoms with Crippen molar-refractivity contribution in [2.75, 3.05) is 19.2 Å². The van der Waals surface area contributed by atoms with Crippen LogP contribution in [0.4, 0.5) is 13.2 Å². The normalized spacial score (nSPS) is 15.8. The highest BCUT2D eigenvalue weighted by Gasteiger charge is 2.32. The molecule has 0 spiro atoms. The maximum Gasteiger partial charge on any atom is 0.417 e. The van der Waals surface area contributed by atoms with E-state index < -0.39 is 11.7 Å². The molecule has 1 atom stereocenters. The van der Waals surface area contributed by atoms with Crippen LogP contribution in [0.2, 0.25) is 0 Å². The Labute approximate surface area is 229 Å². The predicted molar refractivity (Wildman–Crippen MR) is 148 cm³/mol. The summed E-state index contributed by atoms with van der Waals surface area (Å²) in [5, 5.41) is 0.536. The van der Waals surface area contributed by atoms with Crippen molar-refractivity contribution in [3.63, 3.8) is 0 Å². The first kappa shape index (κ1) is 31.9. The molecule has 1 aromatic carbocycles. The minimum Gasteiger partial charge on any atom is -0.471 e. The Bertz CT molecular complexity index is 1060. The molecule has 8 heteroatoms. The molecule has 4 nitrogen and oxygen atoms in total. The summed E-state index contributed by atoms with van der Waals surface area (Å²) >= 11 is 1.40. The van der Waals surface area contributed by atoms with Crippen LogP contribution in [0.3, 0.4) is 0 Å². The van der Waals surface area contributed by atoms with Crippen LogP contribution in [0.25, 0.3) is 5.57 Å². The number of hydrogen-bond acceptors (Lipinski definition) is 5. The van der Waals surface area contributed by atoms with Gasteiger partial charge in [0.1, 0.15) is 5.76 Å². The van der Waals surface area contributed by atoms with Crippen LogP contribution < -0.4 is 0 Å². The average Bonchev–Trinajstić information content (AvgIpc) is 2.89. The lowest BCUT2D eigenvalue weighted by atomic mass is 9.79. The number of halogens is 3. The molecule has 0 fully saturated rings. The summed E-state index contributed by atoms with van der Waals surface area (Å²) in [5.74, 6) is 1.48. The molecule has 210 valence electrons. The minimum absolute atomic E-state index is 0.0728. The number of alkyl halides is 3. The summed E-state index contributed by atoms with van der Waals surface area (Å²) < 4.78 is 49.8. The summed E-state index contributed by atoms with van der Waals surface area (Å²) in [6.45, 7) is 12.8. The Balaban J connectivity index is 0.00000247. The third-order valence-corrected chi connectivity index (χ3v) is 7.30. The Morgan fingerprint density at radius 3 is 2.24 bits per heavy atom. The van der Waals surface area contributed by atoms with E-state index in [2.05, 4.69) is 37.9 Å². The van der Waals surface area contributed by atoms with Crippen molar-refractivity contribution < 1.29 is 27.4 Å². The average molecular weight is 552 g/mol. The Morgan fingerprint density at radius 1 is 1.05 bits per heavy atom. The zero-order valence-electron chi connectivity index (χ0n) is 23.3. The van der Waals surface area contributed by atoms with Crippen molar-refractivity contribution in [2.45, 2.75) is 84.8 Å². The van der Waals surface area contributed by atoms with E-state index in [0.29, 0.717) is 41.6 Å². The lowest BCUT2D eigenvalue weighted by molar-refractivity contribution is -0.137. The number of ether oxygens (including phenoxy) is 2. The molecule has 1 unspecified atom stereocenters. The maximum absolute atomic E-state index is 13.5. The number of benzene rings is 1. The molecular formula is C30H40F3NO3S. The number of ketones is 1. The number of thioether (sulfide) groups is 1. The summed E-state index contributed by atoms with van der Waals surface area (Å²) in [6, 6.07) is 6.74. The summed E-state index contributed by atoms with van der Waals surface area (Å²) in [5.41, 5.74) is 4.40. The van der Waals surface area contributed by atoms with Gasteiger partial charge in [0.15, 0.2) is 12.6 Å². The second-order valence-corrected chi connectivity index (χ2v) is 10.1. The number of carbonyl (C=O) groups excluding carboxylic acids is 1. The Morgan fingerprint density at radius 2 is 1.71 bits per heavy atom. The van der Waals surface area contributed by atoms with E-state index >= 15 is 0 Å². The molecule has 0 N–H and O–H groups in total. The molecule has 0 saturated heterocycles. The van der Waals surface area contributed by atoms with Gasteiger partial charge in [-0.1, -0.05) is 45.4 Å². The van der Waals surface area contributed by atoms with Gasteiger partial charge in [-0.15, -0.1) is 11.8 Å². The summed E-state index contributed by atoms with van der Waals surface area (Å²) in [7, 11) is 0. The Kier molecular flexibility index (Phi) is 12.9. The van der Waals surface area contributed by atoms with E-state index in [1.807, 2.05) is 20.8 Å². The van der Waals surface area contributed by atoms with Crippen LogP contribution in [0, 0.1) is 12.8 Å². The number of aromatic nitrogens is 1. The lowest BCUT2D eigenvalue weighted by Gasteiger charge is -2.28. The largest absolute Gasteiger partial charge is 0.471 e. The van der Waals surface area contributed by atoms with Crippen LogP contribution in [0.1, 0.15) is 81.7 Å². The monoisotopic (exact) mass is 551 g/mol. The van der Waals surface area contributed by atoms with Crippen molar-refractivity contribution in [1.29, 1.82) is 0 Å². The molecule has 2 aromatic rings. The molecule has 3 rings (SSSR count). The van der Waals surface area contributed by atoms with Crippen molar-refractivity contribution >= 4 is 23.1 Å². The topological polar surface area (TPSA) is 48.4 Å². The maximum atomic E-state index is 13.5. The van der Waals surface area contributed by atoms with Gasteiger partial charge in [0, 0.05) is 25.6 Å². The number of carbonyl (C=O) groups is 1. The van der Waals surface area contributed by atoms with Crippen LogP contribution in [0.5, 0.6) is 0 Å². The van der Waals surface area contributed by atoms with Gasteiger partial charge in [-0.05, 0) is 73.6 Å². The fourth-order valence-corrected chi connectivity index (χ4v) is 5.50. The van der Waals surface area contributed by atoms with Gasteiger partial charge < -0.3 is 9.47 Å². The third-order valence-electron chi connectivity index (χ3n) is 6.32. The standard InChI is InChI=1S/C28H34F3NO3S.C2H6/c1-5-20-12-18(4)13-21(6-2)26(20)27-23(33)14-19(15-24(27)35-17-34-7-3)10-11-36-25-9-8-22(16-32-25)28(29,30)31;1-2/h8-9,12-13,16,19H,5-7,10-11,14-15,17H2,1-4H3;1-2H3. The van der Waals surface area contributed by atoms with Crippen LogP contribution >= 0.6 is 11.8 Å². The highest BCUT2D eigenvalue weighted by molar-refractivity contribution is 7.99. The zero-order valence-corrected chi connectivity index (χ0v) is 24.2. The van der Waals surface area contributed by atoms with Crippen molar-refractivity contribution in [3.8, 4) is 0 Å². The molecule has 1 aromatic heterocycles. The minimum atomic E-state index is -4.40. The Hall–Kier alpha value is -2.32. The highest BCUT2D eigenvalue weighted by atomic mass is 32.2. The first-order valence-electron chi connectivity index (χ1n) is 13.4. The van der Waals surface area contributed by atoms with Crippen LogP contribution in [0.15, 0.2) is 41.2 Å². The summed E-state index contributed by atoms with van der Waals surface area (Å²) in [6.07, 6.45) is -0.136. The van der Waals surface area contributed by atoms with Gasteiger partial charge >= 0.3 is 6.18 Å². The van der Waals surface area contributed by atoms with Crippen molar-refractivity contribution in [3.05, 3.63) is 64.0 Å². The number of Topliss-reactive ketones (excluding diaryl/α,β-unsaturated/α-hetero) is 1. The number of rotatable bonds is 11. The van der Waals surface area contributed by atoms with Crippen molar-refractivity contribution in [1.82, 2.24) is 4.98 Å². The molecule has 0 amide bonds. The van der Waals surface area contributed by atoms with Crippen molar-refractivity contribution in [2.24, 2.45) is 5.92 Å². The molecule has 0 saturated carbocycles. The summed E-state index contributed by atoms with van der Waals surface area (Å²) in [4.78, 5) is 17.5. The van der Waals surface area contributed by atoms with E-state index in [0.717, 1.165) is 48.2 Å². The van der Waals surface area contributed by atoms with Gasteiger partial charge in [-0.2, -0.15) is 13.2 Å². The smallest absolute Gasteiger partial charge is 0.417 e. The second kappa shape index (κ2) is 15.3. The fourth-order valence-electron chi connectivity index (χ4n) is 4.55. The quantitative estimate of drug-likeness (QED) is 0.159. The van der Waals surface area contributed by atoms with E-state index in [1.54, 1.807) is 0 Å². The molecule has 0 radical (unpaired) electrons. The molecule has 0 aliphatic heterocycles. The first-order chi connectivity index (χ1) is 18.2.